The Hall–Kier alpha value is -1.36. The van der Waals surface area contributed by atoms with Gasteiger partial charge in [-0.1, -0.05) is 13.8 Å². The highest BCUT2D eigenvalue weighted by atomic mass is 14.7. The number of nitriles is 1. The molecule has 0 amide bonds. The van der Waals surface area contributed by atoms with Gasteiger partial charge in [-0.15, -0.1) is 0 Å². The highest BCUT2D eigenvalue weighted by Crippen LogP contribution is 2.42. The summed E-state index contributed by atoms with van der Waals surface area (Å²) in [5.41, 5.74) is 3.17. The van der Waals surface area contributed by atoms with Crippen molar-refractivity contribution in [3.63, 3.8) is 0 Å². The average molecular weight is 186 g/mol. The van der Waals surface area contributed by atoms with Gasteiger partial charge in [0, 0.05) is 11.9 Å². The molecular formula is C12H14N2. The van der Waals surface area contributed by atoms with Crippen molar-refractivity contribution in [2.45, 2.75) is 38.5 Å². The second-order valence-corrected chi connectivity index (χ2v) is 4.24. The van der Waals surface area contributed by atoms with Crippen LogP contribution in [0.25, 0.3) is 0 Å². The minimum atomic E-state index is 0.457. The number of aromatic nitrogens is 1. The van der Waals surface area contributed by atoms with Gasteiger partial charge in [-0.3, -0.25) is 4.98 Å². The SMILES string of the molecule is CC(C)c1ncc(C#N)cc1C1CC1. The first-order valence-corrected chi connectivity index (χ1v) is 5.12. The van der Waals surface area contributed by atoms with Crippen molar-refractivity contribution in [1.29, 1.82) is 5.26 Å². The fourth-order valence-electron chi connectivity index (χ4n) is 1.76. The molecular weight excluding hydrogens is 172 g/mol. The lowest BCUT2D eigenvalue weighted by Gasteiger charge is -2.10. The topological polar surface area (TPSA) is 36.7 Å². The predicted octanol–water partition coefficient (Wildman–Crippen LogP) is 2.95. The first-order valence-electron chi connectivity index (χ1n) is 5.12. The number of hydrogen-bond donors (Lipinski definition) is 0. The van der Waals surface area contributed by atoms with Gasteiger partial charge in [0.1, 0.15) is 6.07 Å². The third-order valence-corrected chi connectivity index (χ3v) is 2.64. The Kier molecular flexibility index (Phi) is 2.25. The fraction of sp³-hybridized carbons (Fsp3) is 0.500. The molecule has 1 aromatic heterocycles. The van der Waals surface area contributed by atoms with E-state index in [1.54, 1.807) is 6.20 Å². The summed E-state index contributed by atoms with van der Waals surface area (Å²) in [5.74, 6) is 1.13. The van der Waals surface area contributed by atoms with Crippen molar-refractivity contribution in [2.24, 2.45) is 0 Å². The molecule has 0 aromatic carbocycles. The van der Waals surface area contributed by atoms with Crippen LogP contribution in [0.3, 0.4) is 0 Å². The predicted molar refractivity (Wildman–Crippen MR) is 55.0 cm³/mol. The fourth-order valence-corrected chi connectivity index (χ4v) is 1.76. The van der Waals surface area contributed by atoms with Crippen molar-refractivity contribution in [1.82, 2.24) is 4.98 Å². The maximum Gasteiger partial charge on any atom is 0.101 e. The molecule has 1 heterocycles. The van der Waals surface area contributed by atoms with E-state index in [9.17, 15) is 0 Å². The summed E-state index contributed by atoms with van der Waals surface area (Å²) in [5, 5.41) is 8.80. The molecule has 1 aromatic rings. The third kappa shape index (κ3) is 1.63. The minimum Gasteiger partial charge on any atom is -0.259 e. The molecule has 0 radical (unpaired) electrons. The quantitative estimate of drug-likeness (QED) is 0.712. The van der Waals surface area contributed by atoms with Crippen molar-refractivity contribution in [3.05, 3.63) is 29.1 Å². The molecule has 72 valence electrons. The highest BCUT2D eigenvalue weighted by Gasteiger charge is 2.27. The van der Waals surface area contributed by atoms with E-state index in [-0.39, 0.29) is 0 Å². The second kappa shape index (κ2) is 3.42. The Bertz CT molecular complexity index is 384. The Morgan fingerprint density at radius 3 is 2.71 bits per heavy atom. The molecule has 1 aliphatic rings. The lowest BCUT2D eigenvalue weighted by molar-refractivity contribution is 0.796. The molecule has 2 rings (SSSR count). The molecule has 0 atom stereocenters. The first kappa shape index (κ1) is 9.21. The van der Waals surface area contributed by atoms with E-state index in [0.29, 0.717) is 17.4 Å². The van der Waals surface area contributed by atoms with Crippen LogP contribution < -0.4 is 0 Å². The average Bonchev–Trinajstić information content (AvgIpc) is 3.00. The summed E-state index contributed by atoms with van der Waals surface area (Å²) < 4.78 is 0. The number of pyridine rings is 1. The lowest BCUT2D eigenvalue weighted by Crippen LogP contribution is -1.99. The van der Waals surface area contributed by atoms with Gasteiger partial charge < -0.3 is 0 Å². The van der Waals surface area contributed by atoms with Crippen LogP contribution in [-0.4, -0.2) is 4.98 Å². The standard InChI is InChI=1S/C12H14N2/c1-8(2)12-11(10-3-4-10)5-9(6-13)7-14-12/h5,7-8,10H,3-4H2,1-2H3. The van der Waals surface area contributed by atoms with Crippen molar-refractivity contribution in [3.8, 4) is 6.07 Å². The maximum atomic E-state index is 8.80. The van der Waals surface area contributed by atoms with E-state index in [1.807, 2.05) is 6.07 Å². The molecule has 1 aliphatic carbocycles. The van der Waals surface area contributed by atoms with Gasteiger partial charge in [0.05, 0.1) is 5.56 Å². The molecule has 0 saturated heterocycles. The van der Waals surface area contributed by atoms with Gasteiger partial charge in [0.25, 0.3) is 0 Å². The lowest BCUT2D eigenvalue weighted by atomic mass is 9.99. The Morgan fingerprint density at radius 1 is 1.50 bits per heavy atom. The smallest absolute Gasteiger partial charge is 0.101 e. The van der Waals surface area contributed by atoms with Crippen LogP contribution in [0.4, 0.5) is 0 Å². The van der Waals surface area contributed by atoms with E-state index in [1.165, 1.54) is 24.1 Å². The Morgan fingerprint density at radius 2 is 2.21 bits per heavy atom. The van der Waals surface area contributed by atoms with E-state index >= 15 is 0 Å². The number of nitrogens with zero attached hydrogens (tertiary/aromatic N) is 2. The van der Waals surface area contributed by atoms with Crippen LogP contribution >= 0.6 is 0 Å². The zero-order chi connectivity index (χ0) is 10.1. The van der Waals surface area contributed by atoms with E-state index < -0.39 is 0 Å². The molecule has 0 unspecified atom stereocenters. The molecule has 1 fully saturated rings. The molecule has 1 saturated carbocycles. The summed E-state index contributed by atoms with van der Waals surface area (Å²) in [6.45, 7) is 4.31. The zero-order valence-corrected chi connectivity index (χ0v) is 8.62. The van der Waals surface area contributed by atoms with Gasteiger partial charge in [-0.25, -0.2) is 0 Å². The Balaban J connectivity index is 2.45. The van der Waals surface area contributed by atoms with E-state index in [0.717, 1.165) is 0 Å². The van der Waals surface area contributed by atoms with Gasteiger partial charge in [-0.05, 0) is 36.3 Å². The van der Waals surface area contributed by atoms with Gasteiger partial charge in [-0.2, -0.15) is 5.26 Å². The first-order chi connectivity index (χ1) is 6.72. The molecule has 2 heteroatoms. The van der Waals surface area contributed by atoms with Crippen LogP contribution in [0.1, 0.15) is 55.3 Å². The molecule has 14 heavy (non-hydrogen) atoms. The zero-order valence-electron chi connectivity index (χ0n) is 8.62. The number of rotatable bonds is 2. The summed E-state index contributed by atoms with van der Waals surface area (Å²) >= 11 is 0. The molecule has 0 aliphatic heterocycles. The molecule has 0 bridgehead atoms. The molecule has 0 spiro atoms. The second-order valence-electron chi connectivity index (χ2n) is 4.24. The van der Waals surface area contributed by atoms with E-state index in [4.69, 9.17) is 5.26 Å². The largest absolute Gasteiger partial charge is 0.259 e. The van der Waals surface area contributed by atoms with E-state index in [2.05, 4.69) is 24.9 Å². The summed E-state index contributed by atoms with van der Waals surface area (Å²) in [4.78, 5) is 4.39. The monoisotopic (exact) mass is 186 g/mol. The minimum absolute atomic E-state index is 0.457. The van der Waals surface area contributed by atoms with Gasteiger partial charge in [0.2, 0.25) is 0 Å². The summed E-state index contributed by atoms with van der Waals surface area (Å²) in [6, 6.07) is 4.17. The van der Waals surface area contributed by atoms with Gasteiger partial charge >= 0.3 is 0 Å². The normalized spacial score (nSPS) is 15.6. The van der Waals surface area contributed by atoms with Gasteiger partial charge in [0.15, 0.2) is 0 Å². The van der Waals surface area contributed by atoms with Crippen LogP contribution in [0.2, 0.25) is 0 Å². The van der Waals surface area contributed by atoms with Crippen LogP contribution in [-0.2, 0) is 0 Å². The van der Waals surface area contributed by atoms with Crippen molar-refractivity contribution >= 4 is 0 Å². The summed E-state index contributed by atoms with van der Waals surface area (Å²) in [6.07, 6.45) is 4.20. The number of hydrogen-bond acceptors (Lipinski definition) is 2. The maximum absolute atomic E-state index is 8.80. The van der Waals surface area contributed by atoms with Crippen molar-refractivity contribution < 1.29 is 0 Å². The Labute approximate surface area is 84.6 Å². The highest BCUT2D eigenvalue weighted by molar-refractivity contribution is 5.38. The van der Waals surface area contributed by atoms with Crippen LogP contribution in [0, 0.1) is 11.3 Å². The summed E-state index contributed by atoms with van der Waals surface area (Å²) in [7, 11) is 0. The molecule has 2 nitrogen and oxygen atoms in total. The van der Waals surface area contributed by atoms with Crippen LogP contribution in [0.15, 0.2) is 12.3 Å². The third-order valence-electron chi connectivity index (χ3n) is 2.64. The molecule has 0 N–H and O–H groups in total. The van der Waals surface area contributed by atoms with Crippen LogP contribution in [0.5, 0.6) is 0 Å². The van der Waals surface area contributed by atoms with Crippen molar-refractivity contribution in [2.75, 3.05) is 0 Å².